The highest BCUT2D eigenvalue weighted by molar-refractivity contribution is 5.82. The summed E-state index contributed by atoms with van der Waals surface area (Å²) in [5.74, 6) is -0.125. The Bertz CT molecular complexity index is 424. The normalized spacial score (nSPS) is 10.9. The number of aromatic nitrogens is 1. The summed E-state index contributed by atoms with van der Waals surface area (Å²) in [6.07, 6.45) is 3.66. The maximum absolute atomic E-state index is 11.6. The van der Waals surface area contributed by atoms with Gasteiger partial charge in [0.1, 0.15) is 0 Å². The first-order valence-electron chi connectivity index (χ1n) is 6.33. The molecule has 0 fully saturated rings. The van der Waals surface area contributed by atoms with Crippen molar-refractivity contribution in [3.05, 3.63) is 30.1 Å². The SMILES string of the molecule is CC(C)(C)C(=O)NCCC(=O)NCc1ccncc1. The van der Waals surface area contributed by atoms with Crippen molar-refractivity contribution in [2.75, 3.05) is 6.54 Å². The molecule has 1 rings (SSSR count). The molecule has 1 heterocycles. The van der Waals surface area contributed by atoms with Crippen LogP contribution in [0.5, 0.6) is 0 Å². The van der Waals surface area contributed by atoms with Crippen LogP contribution in [0.3, 0.4) is 0 Å². The van der Waals surface area contributed by atoms with Crippen LogP contribution in [-0.2, 0) is 16.1 Å². The van der Waals surface area contributed by atoms with E-state index in [1.54, 1.807) is 12.4 Å². The largest absolute Gasteiger partial charge is 0.355 e. The lowest BCUT2D eigenvalue weighted by Gasteiger charge is -2.17. The first kappa shape index (κ1) is 15.1. The van der Waals surface area contributed by atoms with E-state index in [9.17, 15) is 9.59 Å². The third-order valence-corrected chi connectivity index (χ3v) is 2.56. The zero-order chi connectivity index (χ0) is 14.3. The lowest BCUT2D eigenvalue weighted by atomic mass is 9.96. The minimum absolute atomic E-state index is 0.0468. The molecule has 0 radical (unpaired) electrons. The molecule has 0 saturated heterocycles. The van der Waals surface area contributed by atoms with Crippen LogP contribution in [0.1, 0.15) is 32.8 Å². The van der Waals surface area contributed by atoms with Crippen molar-refractivity contribution in [3.63, 3.8) is 0 Å². The highest BCUT2D eigenvalue weighted by Gasteiger charge is 2.20. The number of carbonyl (C=O) groups excluding carboxylic acids is 2. The van der Waals surface area contributed by atoms with Crippen molar-refractivity contribution in [1.29, 1.82) is 0 Å². The summed E-state index contributed by atoms with van der Waals surface area (Å²) in [5, 5.41) is 5.54. The van der Waals surface area contributed by atoms with E-state index in [-0.39, 0.29) is 18.2 Å². The van der Waals surface area contributed by atoms with Crippen molar-refractivity contribution in [3.8, 4) is 0 Å². The van der Waals surface area contributed by atoms with E-state index >= 15 is 0 Å². The summed E-state index contributed by atoms with van der Waals surface area (Å²) in [5.41, 5.74) is 0.579. The summed E-state index contributed by atoms with van der Waals surface area (Å²) in [6, 6.07) is 3.70. The molecule has 0 unspecified atom stereocenters. The van der Waals surface area contributed by atoms with Gasteiger partial charge in [-0.1, -0.05) is 20.8 Å². The summed E-state index contributed by atoms with van der Waals surface area (Å²) in [7, 11) is 0. The Kier molecular flexibility index (Phi) is 5.48. The Labute approximate surface area is 113 Å². The fraction of sp³-hybridized carbons (Fsp3) is 0.500. The number of hydrogen-bond donors (Lipinski definition) is 2. The Hall–Kier alpha value is -1.91. The third kappa shape index (κ3) is 5.99. The van der Waals surface area contributed by atoms with E-state index in [1.165, 1.54) is 0 Å². The van der Waals surface area contributed by atoms with Crippen LogP contribution >= 0.6 is 0 Å². The van der Waals surface area contributed by atoms with Crippen LogP contribution in [0.25, 0.3) is 0 Å². The van der Waals surface area contributed by atoms with Gasteiger partial charge in [-0.05, 0) is 17.7 Å². The zero-order valence-corrected chi connectivity index (χ0v) is 11.7. The molecule has 0 saturated carbocycles. The van der Waals surface area contributed by atoms with Gasteiger partial charge in [0, 0.05) is 37.3 Å². The van der Waals surface area contributed by atoms with Crippen LogP contribution < -0.4 is 10.6 Å². The molecule has 0 aliphatic carbocycles. The Balaban J connectivity index is 2.20. The van der Waals surface area contributed by atoms with E-state index < -0.39 is 5.41 Å². The number of amides is 2. The smallest absolute Gasteiger partial charge is 0.225 e. The highest BCUT2D eigenvalue weighted by Crippen LogP contribution is 2.11. The second kappa shape index (κ2) is 6.87. The van der Waals surface area contributed by atoms with Gasteiger partial charge in [-0.3, -0.25) is 14.6 Å². The van der Waals surface area contributed by atoms with Crippen LogP contribution in [0.2, 0.25) is 0 Å². The Morgan fingerprint density at radius 3 is 2.37 bits per heavy atom. The molecule has 0 aliphatic rings. The molecule has 0 bridgehead atoms. The molecule has 5 nitrogen and oxygen atoms in total. The molecule has 1 aromatic heterocycles. The van der Waals surface area contributed by atoms with Gasteiger partial charge in [0.25, 0.3) is 0 Å². The molecular weight excluding hydrogens is 242 g/mol. The van der Waals surface area contributed by atoms with Crippen molar-refractivity contribution in [2.45, 2.75) is 33.7 Å². The number of carbonyl (C=O) groups is 2. The van der Waals surface area contributed by atoms with Crippen molar-refractivity contribution in [2.24, 2.45) is 5.41 Å². The number of rotatable bonds is 5. The molecule has 0 aliphatic heterocycles. The molecule has 104 valence electrons. The van der Waals surface area contributed by atoms with Gasteiger partial charge >= 0.3 is 0 Å². The minimum atomic E-state index is -0.423. The van der Waals surface area contributed by atoms with Crippen LogP contribution in [0, 0.1) is 5.41 Å². The number of nitrogens with zero attached hydrogens (tertiary/aromatic N) is 1. The maximum atomic E-state index is 11.6. The summed E-state index contributed by atoms with van der Waals surface area (Å²) in [6.45, 7) is 6.36. The molecule has 0 atom stereocenters. The van der Waals surface area contributed by atoms with Gasteiger partial charge in [-0.15, -0.1) is 0 Å². The van der Waals surface area contributed by atoms with Crippen molar-refractivity contribution < 1.29 is 9.59 Å². The Morgan fingerprint density at radius 2 is 1.79 bits per heavy atom. The van der Waals surface area contributed by atoms with E-state index in [2.05, 4.69) is 15.6 Å². The van der Waals surface area contributed by atoms with Crippen molar-refractivity contribution >= 4 is 11.8 Å². The zero-order valence-electron chi connectivity index (χ0n) is 11.7. The standard InChI is InChI=1S/C14H21N3O2/c1-14(2,3)13(19)16-9-6-12(18)17-10-11-4-7-15-8-5-11/h4-5,7-8H,6,9-10H2,1-3H3,(H,16,19)(H,17,18). The van der Waals surface area contributed by atoms with Gasteiger partial charge in [-0.25, -0.2) is 0 Å². The van der Waals surface area contributed by atoms with Crippen LogP contribution in [0.15, 0.2) is 24.5 Å². The van der Waals surface area contributed by atoms with Gasteiger partial charge in [0.05, 0.1) is 0 Å². The lowest BCUT2D eigenvalue weighted by Crippen LogP contribution is -2.37. The molecule has 0 aromatic carbocycles. The average Bonchev–Trinajstić information content (AvgIpc) is 2.36. The average molecular weight is 263 g/mol. The van der Waals surface area contributed by atoms with Gasteiger partial charge in [0.15, 0.2) is 0 Å². The number of pyridine rings is 1. The van der Waals surface area contributed by atoms with E-state index in [4.69, 9.17) is 0 Å². The summed E-state index contributed by atoms with van der Waals surface area (Å²) < 4.78 is 0. The number of nitrogens with one attached hydrogen (secondary N) is 2. The minimum Gasteiger partial charge on any atom is -0.355 e. The van der Waals surface area contributed by atoms with Crippen LogP contribution in [0.4, 0.5) is 0 Å². The quantitative estimate of drug-likeness (QED) is 0.840. The third-order valence-electron chi connectivity index (χ3n) is 2.56. The molecule has 19 heavy (non-hydrogen) atoms. The monoisotopic (exact) mass is 263 g/mol. The lowest BCUT2D eigenvalue weighted by molar-refractivity contribution is -0.128. The van der Waals surface area contributed by atoms with Gasteiger partial charge in [-0.2, -0.15) is 0 Å². The van der Waals surface area contributed by atoms with Crippen molar-refractivity contribution in [1.82, 2.24) is 15.6 Å². The predicted molar refractivity (Wildman–Crippen MR) is 73.2 cm³/mol. The van der Waals surface area contributed by atoms with E-state index in [1.807, 2.05) is 32.9 Å². The second-order valence-electron chi connectivity index (χ2n) is 5.39. The topological polar surface area (TPSA) is 71.1 Å². The van der Waals surface area contributed by atoms with Gasteiger partial charge in [0.2, 0.25) is 11.8 Å². The van der Waals surface area contributed by atoms with Crippen LogP contribution in [-0.4, -0.2) is 23.3 Å². The van der Waals surface area contributed by atoms with Gasteiger partial charge < -0.3 is 10.6 Å². The fourth-order valence-corrected chi connectivity index (χ4v) is 1.34. The molecule has 2 amide bonds. The molecule has 1 aromatic rings. The molecular formula is C14H21N3O2. The second-order valence-corrected chi connectivity index (χ2v) is 5.39. The predicted octanol–water partition coefficient (Wildman–Crippen LogP) is 1.25. The maximum Gasteiger partial charge on any atom is 0.225 e. The molecule has 2 N–H and O–H groups in total. The highest BCUT2D eigenvalue weighted by atomic mass is 16.2. The summed E-state index contributed by atoms with van der Waals surface area (Å²) >= 11 is 0. The first-order valence-corrected chi connectivity index (χ1v) is 6.33. The first-order chi connectivity index (χ1) is 8.89. The Morgan fingerprint density at radius 1 is 1.16 bits per heavy atom. The fourth-order valence-electron chi connectivity index (χ4n) is 1.34. The van der Waals surface area contributed by atoms with E-state index in [0.717, 1.165) is 5.56 Å². The number of hydrogen-bond acceptors (Lipinski definition) is 3. The molecule has 5 heteroatoms. The summed E-state index contributed by atoms with van der Waals surface area (Å²) in [4.78, 5) is 27.0. The molecule has 0 spiro atoms. The van der Waals surface area contributed by atoms with E-state index in [0.29, 0.717) is 13.1 Å².